The Balaban J connectivity index is 1.62. The van der Waals surface area contributed by atoms with Crippen molar-refractivity contribution in [1.82, 2.24) is 9.88 Å². The molecule has 1 aliphatic heterocycles. The van der Waals surface area contributed by atoms with Gasteiger partial charge in [0, 0.05) is 35.5 Å². The molecule has 0 radical (unpaired) electrons. The van der Waals surface area contributed by atoms with Crippen LogP contribution in [0.5, 0.6) is 5.75 Å². The second-order valence-electron chi connectivity index (χ2n) is 7.94. The maximum Gasteiger partial charge on any atom is 0.223 e. The first-order chi connectivity index (χ1) is 13.8. The van der Waals surface area contributed by atoms with Gasteiger partial charge in [-0.1, -0.05) is 24.3 Å². The van der Waals surface area contributed by atoms with Crippen molar-refractivity contribution in [2.24, 2.45) is 5.92 Å². The van der Waals surface area contributed by atoms with Crippen LogP contribution in [0.25, 0.3) is 22.2 Å². The van der Waals surface area contributed by atoms with E-state index in [1.165, 1.54) is 33.3 Å². The molecule has 144 valence electrons. The summed E-state index contributed by atoms with van der Waals surface area (Å²) in [5.41, 5.74) is 6.64. The van der Waals surface area contributed by atoms with Crippen LogP contribution in [0.15, 0.2) is 42.5 Å². The van der Waals surface area contributed by atoms with Gasteiger partial charge in [-0.15, -0.1) is 0 Å². The third-order valence-corrected chi connectivity index (χ3v) is 6.10. The molecule has 1 amide bonds. The summed E-state index contributed by atoms with van der Waals surface area (Å²) in [5, 5.41) is 4.39. The molecular weight excluding hydrogens is 348 g/mol. The predicted molar refractivity (Wildman–Crippen MR) is 112 cm³/mol. The molecule has 1 saturated carbocycles. The van der Waals surface area contributed by atoms with Gasteiger partial charge in [-0.2, -0.15) is 0 Å². The number of hydrogen-bond donors (Lipinski definition) is 1. The van der Waals surface area contributed by atoms with Gasteiger partial charge in [0.25, 0.3) is 0 Å². The van der Waals surface area contributed by atoms with Crippen LogP contribution in [-0.4, -0.2) is 24.1 Å². The number of rotatable bonds is 5. The van der Waals surface area contributed by atoms with Crippen molar-refractivity contribution >= 4 is 16.8 Å². The van der Waals surface area contributed by atoms with Gasteiger partial charge in [0.05, 0.1) is 12.8 Å². The fraction of sp³-hybridized carbons (Fsp3) is 0.375. The molecule has 0 spiro atoms. The van der Waals surface area contributed by atoms with Crippen molar-refractivity contribution in [3.05, 3.63) is 53.6 Å². The van der Waals surface area contributed by atoms with Crippen molar-refractivity contribution in [3.63, 3.8) is 0 Å². The highest BCUT2D eigenvalue weighted by atomic mass is 16.5. The summed E-state index contributed by atoms with van der Waals surface area (Å²) in [6.45, 7) is 1.70. The van der Waals surface area contributed by atoms with E-state index < -0.39 is 0 Å². The van der Waals surface area contributed by atoms with E-state index in [0.29, 0.717) is 6.54 Å². The summed E-state index contributed by atoms with van der Waals surface area (Å²) in [6.07, 6.45) is 5.16. The average Bonchev–Trinajstić information content (AvgIpc) is 3.55. The quantitative estimate of drug-likeness (QED) is 0.722. The molecule has 2 heterocycles. The standard InChI is InChI=1S/C24H26N2O2/c1-28-18-10-11-22-21(15-18)20(12-13-25-24(27)17-8-9-17)23-19-7-3-2-5-16(19)6-4-14-26(22)23/h2-3,5,7,10-11,15,17H,4,6,8-9,12-14H2,1H3,(H,25,27). The molecule has 28 heavy (non-hydrogen) atoms. The SMILES string of the molecule is COc1ccc2c(c1)c(CCNC(=O)C1CC1)c1n2CCCc2ccccc2-1. The predicted octanol–water partition coefficient (Wildman–Crippen LogP) is 4.33. The zero-order valence-corrected chi connectivity index (χ0v) is 16.3. The third kappa shape index (κ3) is 2.97. The number of amides is 1. The first-order valence-corrected chi connectivity index (χ1v) is 10.3. The number of nitrogens with one attached hydrogen (secondary N) is 1. The van der Waals surface area contributed by atoms with Gasteiger partial charge in [0.1, 0.15) is 5.75 Å². The Kier molecular flexibility index (Phi) is 4.34. The smallest absolute Gasteiger partial charge is 0.223 e. The molecule has 1 fully saturated rings. The van der Waals surface area contributed by atoms with E-state index in [1.807, 2.05) is 6.07 Å². The van der Waals surface area contributed by atoms with Crippen LogP contribution in [0.4, 0.5) is 0 Å². The largest absolute Gasteiger partial charge is 0.497 e. The van der Waals surface area contributed by atoms with Crippen LogP contribution in [0.1, 0.15) is 30.4 Å². The normalized spacial score (nSPS) is 15.6. The summed E-state index contributed by atoms with van der Waals surface area (Å²) in [4.78, 5) is 12.1. The molecule has 0 unspecified atom stereocenters. The van der Waals surface area contributed by atoms with E-state index in [4.69, 9.17) is 4.74 Å². The highest BCUT2D eigenvalue weighted by Gasteiger charge is 2.29. The number of methoxy groups -OCH3 is 1. The van der Waals surface area contributed by atoms with Gasteiger partial charge >= 0.3 is 0 Å². The van der Waals surface area contributed by atoms with E-state index in [0.717, 1.165) is 44.4 Å². The highest BCUT2D eigenvalue weighted by molar-refractivity contribution is 5.93. The number of carbonyl (C=O) groups is 1. The monoisotopic (exact) mass is 374 g/mol. The van der Waals surface area contributed by atoms with E-state index in [9.17, 15) is 4.79 Å². The molecular formula is C24H26N2O2. The van der Waals surface area contributed by atoms with Crippen molar-refractivity contribution in [2.75, 3.05) is 13.7 Å². The number of benzene rings is 2. The van der Waals surface area contributed by atoms with Crippen molar-refractivity contribution in [1.29, 1.82) is 0 Å². The number of aromatic nitrogens is 1. The summed E-state index contributed by atoms with van der Waals surface area (Å²) >= 11 is 0. The van der Waals surface area contributed by atoms with Gasteiger partial charge in [-0.25, -0.2) is 0 Å². The fourth-order valence-electron chi connectivity index (χ4n) is 4.52. The first-order valence-electron chi connectivity index (χ1n) is 10.3. The van der Waals surface area contributed by atoms with Crippen molar-refractivity contribution in [3.8, 4) is 17.0 Å². The topological polar surface area (TPSA) is 43.3 Å². The first kappa shape index (κ1) is 17.4. The molecule has 1 aliphatic carbocycles. The molecule has 0 saturated heterocycles. The Labute approximate surface area is 165 Å². The molecule has 2 aliphatic rings. The van der Waals surface area contributed by atoms with Crippen molar-refractivity contribution in [2.45, 2.75) is 38.6 Å². The molecule has 2 aromatic carbocycles. The van der Waals surface area contributed by atoms with Gasteiger partial charge in [-0.3, -0.25) is 4.79 Å². The van der Waals surface area contributed by atoms with Crippen LogP contribution < -0.4 is 10.1 Å². The summed E-state index contributed by atoms with van der Waals surface area (Å²) in [5.74, 6) is 1.35. The Morgan fingerprint density at radius 2 is 2.07 bits per heavy atom. The summed E-state index contributed by atoms with van der Waals surface area (Å²) in [6, 6.07) is 15.1. The molecule has 0 bridgehead atoms. The lowest BCUT2D eigenvalue weighted by molar-refractivity contribution is -0.122. The molecule has 3 aromatic rings. The zero-order valence-electron chi connectivity index (χ0n) is 16.3. The average molecular weight is 374 g/mol. The van der Waals surface area contributed by atoms with Crippen LogP contribution in [0.2, 0.25) is 0 Å². The van der Waals surface area contributed by atoms with Crippen molar-refractivity contribution < 1.29 is 9.53 Å². The highest BCUT2D eigenvalue weighted by Crippen LogP contribution is 2.39. The summed E-state index contributed by atoms with van der Waals surface area (Å²) < 4.78 is 7.98. The van der Waals surface area contributed by atoms with E-state index in [1.54, 1.807) is 7.11 Å². The zero-order chi connectivity index (χ0) is 19.1. The van der Waals surface area contributed by atoms with Gasteiger partial charge < -0.3 is 14.6 Å². The maximum absolute atomic E-state index is 12.1. The minimum atomic E-state index is 0.215. The number of aryl methyl sites for hydroxylation is 2. The van der Waals surface area contributed by atoms with Gasteiger partial charge in [-0.05, 0) is 61.4 Å². The van der Waals surface area contributed by atoms with E-state index >= 15 is 0 Å². The number of nitrogens with zero attached hydrogens (tertiary/aromatic N) is 1. The molecule has 0 atom stereocenters. The molecule has 5 rings (SSSR count). The second-order valence-corrected chi connectivity index (χ2v) is 7.94. The second kappa shape index (κ2) is 7.01. The molecule has 1 aromatic heterocycles. The lowest BCUT2D eigenvalue weighted by Crippen LogP contribution is -2.27. The number of carbonyl (C=O) groups excluding carboxylic acids is 1. The van der Waals surface area contributed by atoms with Gasteiger partial charge in [0.2, 0.25) is 5.91 Å². The maximum atomic E-state index is 12.1. The number of ether oxygens (including phenoxy) is 1. The van der Waals surface area contributed by atoms with Crippen LogP contribution in [-0.2, 0) is 24.2 Å². The Bertz CT molecular complexity index is 1050. The van der Waals surface area contributed by atoms with Crippen LogP contribution >= 0.6 is 0 Å². The van der Waals surface area contributed by atoms with Crippen LogP contribution in [0.3, 0.4) is 0 Å². The third-order valence-electron chi connectivity index (χ3n) is 6.10. The molecule has 4 nitrogen and oxygen atoms in total. The fourth-order valence-corrected chi connectivity index (χ4v) is 4.52. The Hall–Kier alpha value is -2.75. The number of fused-ring (bicyclic) bond motifs is 5. The number of hydrogen-bond acceptors (Lipinski definition) is 2. The lowest BCUT2D eigenvalue weighted by atomic mass is 9.97. The van der Waals surface area contributed by atoms with Gasteiger partial charge in [0.15, 0.2) is 0 Å². The molecule has 4 heteroatoms. The Morgan fingerprint density at radius 3 is 2.89 bits per heavy atom. The Morgan fingerprint density at radius 1 is 1.21 bits per heavy atom. The summed E-state index contributed by atoms with van der Waals surface area (Å²) in [7, 11) is 1.72. The minimum Gasteiger partial charge on any atom is -0.497 e. The van der Waals surface area contributed by atoms with Crippen LogP contribution in [0, 0.1) is 5.92 Å². The minimum absolute atomic E-state index is 0.215. The van der Waals surface area contributed by atoms with E-state index in [-0.39, 0.29) is 11.8 Å². The molecule has 1 N–H and O–H groups in total. The lowest BCUT2D eigenvalue weighted by Gasteiger charge is -2.12. The van der Waals surface area contributed by atoms with E-state index in [2.05, 4.69) is 46.3 Å².